The van der Waals surface area contributed by atoms with Crippen molar-refractivity contribution in [3.63, 3.8) is 0 Å². The molecule has 1 aromatic rings. The second kappa shape index (κ2) is 8.46. The van der Waals surface area contributed by atoms with Gasteiger partial charge in [0.05, 0.1) is 0 Å². The zero-order valence-corrected chi connectivity index (χ0v) is 13.3. The van der Waals surface area contributed by atoms with Crippen LogP contribution in [0.15, 0.2) is 30.3 Å². The van der Waals surface area contributed by atoms with Crippen molar-refractivity contribution >= 4 is 0 Å². The van der Waals surface area contributed by atoms with Crippen LogP contribution in [0.4, 0.5) is 0 Å². The number of hydrogen-bond donors (Lipinski definition) is 1. The van der Waals surface area contributed by atoms with E-state index in [2.05, 4.69) is 49.5 Å². The molecule has 1 nitrogen and oxygen atoms in total. The molecule has 0 heterocycles. The van der Waals surface area contributed by atoms with Crippen molar-refractivity contribution < 1.29 is 0 Å². The summed E-state index contributed by atoms with van der Waals surface area (Å²) in [6.45, 7) is 5.80. The van der Waals surface area contributed by atoms with Gasteiger partial charge in [0.25, 0.3) is 0 Å². The van der Waals surface area contributed by atoms with E-state index >= 15 is 0 Å². The highest BCUT2D eigenvalue weighted by Crippen LogP contribution is 2.35. The first kappa shape index (κ1) is 15.6. The van der Waals surface area contributed by atoms with Gasteiger partial charge >= 0.3 is 0 Å². The van der Waals surface area contributed by atoms with Crippen molar-refractivity contribution in [2.75, 3.05) is 6.54 Å². The van der Waals surface area contributed by atoms with Gasteiger partial charge in [-0.15, -0.1) is 0 Å². The quantitative estimate of drug-likeness (QED) is 0.751. The first-order valence-electron chi connectivity index (χ1n) is 8.62. The van der Waals surface area contributed by atoms with Crippen molar-refractivity contribution in [1.29, 1.82) is 0 Å². The molecule has 112 valence electrons. The first-order valence-corrected chi connectivity index (χ1v) is 8.62. The molecule has 0 radical (unpaired) electrons. The lowest BCUT2D eigenvalue weighted by Gasteiger charge is -2.37. The Hall–Kier alpha value is -0.820. The fraction of sp³-hybridized carbons (Fsp3) is 0.684. The van der Waals surface area contributed by atoms with Crippen LogP contribution in [0.25, 0.3) is 0 Å². The normalized spacial score (nSPS) is 24.5. The minimum atomic E-state index is 0.669. The fourth-order valence-corrected chi connectivity index (χ4v) is 3.85. The van der Waals surface area contributed by atoms with Crippen LogP contribution < -0.4 is 5.32 Å². The summed E-state index contributed by atoms with van der Waals surface area (Å²) in [5.74, 6) is 1.81. The molecule has 0 bridgehead atoms. The van der Waals surface area contributed by atoms with E-state index in [4.69, 9.17) is 0 Å². The van der Waals surface area contributed by atoms with Gasteiger partial charge in [0.15, 0.2) is 0 Å². The van der Waals surface area contributed by atoms with Gasteiger partial charge in [-0.3, -0.25) is 0 Å². The standard InChI is InChI=1S/C19H31N/c1-3-14-20-19(15-16-10-6-5-7-11-16)18-13-9-8-12-17(18)4-2/h5-7,10-11,17-20H,3-4,8-9,12-15H2,1-2H3. The topological polar surface area (TPSA) is 12.0 Å². The van der Waals surface area contributed by atoms with Crippen LogP contribution in [0, 0.1) is 11.8 Å². The third-order valence-corrected chi connectivity index (χ3v) is 4.96. The molecule has 20 heavy (non-hydrogen) atoms. The first-order chi connectivity index (χ1) is 9.85. The molecule has 1 heteroatoms. The lowest BCUT2D eigenvalue weighted by Crippen LogP contribution is -2.43. The maximum Gasteiger partial charge on any atom is 0.0138 e. The Morgan fingerprint density at radius 3 is 2.55 bits per heavy atom. The van der Waals surface area contributed by atoms with E-state index in [1.165, 1.54) is 50.5 Å². The lowest BCUT2D eigenvalue weighted by atomic mass is 9.72. The molecule has 1 N–H and O–H groups in total. The van der Waals surface area contributed by atoms with E-state index in [9.17, 15) is 0 Å². The monoisotopic (exact) mass is 273 g/mol. The van der Waals surface area contributed by atoms with Gasteiger partial charge in [-0.1, -0.05) is 69.9 Å². The maximum atomic E-state index is 3.85. The molecule has 0 spiro atoms. The van der Waals surface area contributed by atoms with Crippen LogP contribution in [0.3, 0.4) is 0 Å². The Labute approximate surface area is 125 Å². The zero-order valence-electron chi connectivity index (χ0n) is 13.3. The van der Waals surface area contributed by atoms with Gasteiger partial charge in [0, 0.05) is 6.04 Å². The molecule has 1 aliphatic carbocycles. The molecule has 0 saturated heterocycles. The van der Waals surface area contributed by atoms with Crippen molar-refractivity contribution in [3.05, 3.63) is 35.9 Å². The molecule has 0 amide bonds. The third kappa shape index (κ3) is 4.34. The lowest BCUT2D eigenvalue weighted by molar-refractivity contribution is 0.174. The highest BCUT2D eigenvalue weighted by atomic mass is 14.9. The Balaban J connectivity index is 2.05. The molecule has 1 aliphatic rings. The Morgan fingerprint density at radius 2 is 1.85 bits per heavy atom. The van der Waals surface area contributed by atoms with E-state index in [1.54, 1.807) is 0 Å². The molecular weight excluding hydrogens is 242 g/mol. The van der Waals surface area contributed by atoms with Crippen LogP contribution in [-0.4, -0.2) is 12.6 Å². The van der Waals surface area contributed by atoms with Crippen LogP contribution >= 0.6 is 0 Å². The largest absolute Gasteiger partial charge is 0.313 e. The summed E-state index contributed by atoms with van der Waals surface area (Å²) in [7, 11) is 0. The second-order valence-electron chi connectivity index (χ2n) is 6.37. The van der Waals surface area contributed by atoms with E-state index in [0.29, 0.717) is 6.04 Å². The zero-order chi connectivity index (χ0) is 14.2. The molecule has 0 aliphatic heterocycles. The van der Waals surface area contributed by atoms with Crippen LogP contribution in [-0.2, 0) is 6.42 Å². The smallest absolute Gasteiger partial charge is 0.0138 e. The fourth-order valence-electron chi connectivity index (χ4n) is 3.85. The Kier molecular flexibility index (Phi) is 6.59. The number of nitrogens with one attached hydrogen (secondary N) is 1. The van der Waals surface area contributed by atoms with Crippen molar-refractivity contribution in [1.82, 2.24) is 5.32 Å². The minimum Gasteiger partial charge on any atom is -0.313 e. The average molecular weight is 273 g/mol. The van der Waals surface area contributed by atoms with E-state index < -0.39 is 0 Å². The maximum absolute atomic E-state index is 3.85. The summed E-state index contributed by atoms with van der Waals surface area (Å²) in [5.41, 5.74) is 1.49. The molecule has 0 aromatic heterocycles. The number of benzene rings is 1. The van der Waals surface area contributed by atoms with Gasteiger partial charge in [-0.2, -0.15) is 0 Å². The minimum absolute atomic E-state index is 0.669. The molecule has 3 atom stereocenters. The predicted molar refractivity (Wildman–Crippen MR) is 88.0 cm³/mol. The van der Waals surface area contributed by atoms with Gasteiger partial charge in [0.2, 0.25) is 0 Å². The average Bonchev–Trinajstić information content (AvgIpc) is 2.52. The number of hydrogen-bond acceptors (Lipinski definition) is 1. The van der Waals surface area contributed by atoms with Crippen LogP contribution in [0.2, 0.25) is 0 Å². The highest BCUT2D eigenvalue weighted by molar-refractivity contribution is 5.16. The Bertz CT molecular complexity index is 359. The van der Waals surface area contributed by atoms with Gasteiger partial charge < -0.3 is 5.32 Å². The van der Waals surface area contributed by atoms with Crippen molar-refractivity contribution in [2.24, 2.45) is 11.8 Å². The SMILES string of the molecule is CCCNC(Cc1ccccc1)C1CCCCC1CC. The molecule has 2 rings (SSSR count). The third-order valence-electron chi connectivity index (χ3n) is 4.96. The van der Waals surface area contributed by atoms with Crippen molar-refractivity contribution in [2.45, 2.75) is 64.8 Å². The van der Waals surface area contributed by atoms with Crippen LogP contribution in [0.1, 0.15) is 57.9 Å². The van der Waals surface area contributed by atoms with Crippen molar-refractivity contribution in [3.8, 4) is 0 Å². The highest BCUT2D eigenvalue weighted by Gasteiger charge is 2.30. The van der Waals surface area contributed by atoms with Gasteiger partial charge in [0.1, 0.15) is 0 Å². The molecule has 3 unspecified atom stereocenters. The number of rotatable bonds is 7. The summed E-state index contributed by atoms with van der Waals surface area (Å²) in [5, 5.41) is 3.85. The summed E-state index contributed by atoms with van der Waals surface area (Å²) in [4.78, 5) is 0. The molecule has 1 aromatic carbocycles. The molecule has 1 saturated carbocycles. The summed E-state index contributed by atoms with van der Waals surface area (Å²) < 4.78 is 0. The van der Waals surface area contributed by atoms with Gasteiger partial charge in [-0.05, 0) is 43.2 Å². The van der Waals surface area contributed by atoms with Gasteiger partial charge in [-0.25, -0.2) is 0 Å². The summed E-state index contributed by atoms with van der Waals surface area (Å²) in [6.07, 6.45) is 9.52. The second-order valence-corrected chi connectivity index (χ2v) is 6.37. The summed E-state index contributed by atoms with van der Waals surface area (Å²) in [6, 6.07) is 11.7. The Morgan fingerprint density at radius 1 is 1.10 bits per heavy atom. The predicted octanol–water partition coefficient (Wildman–Crippen LogP) is 4.81. The molecule has 1 fully saturated rings. The summed E-state index contributed by atoms with van der Waals surface area (Å²) >= 11 is 0. The van der Waals surface area contributed by atoms with E-state index in [-0.39, 0.29) is 0 Å². The van der Waals surface area contributed by atoms with E-state index in [0.717, 1.165) is 18.4 Å². The van der Waals surface area contributed by atoms with E-state index in [1.807, 2.05) is 0 Å². The van der Waals surface area contributed by atoms with Crippen LogP contribution in [0.5, 0.6) is 0 Å². The molecular formula is C19H31N.